The number of carbonyl (C=O) groups is 1. The Balaban J connectivity index is 1.71. The van der Waals surface area contributed by atoms with Gasteiger partial charge in [0.15, 0.2) is 11.5 Å². The van der Waals surface area contributed by atoms with Gasteiger partial charge in [0.2, 0.25) is 6.79 Å². The summed E-state index contributed by atoms with van der Waals surface area (Å²) in [6.07, 6.45) is 2.12. The number of nitrogens with zero attached hydrogens (tertiary/aromatic N) is 2. The molecule has 2 aromatic rings. The summed E-state index contributed by atoms with van der Waals surface area (Å²) in [5, 5.41) is 0. The zero-order chi connectivity index (χ0) is 20.3. The Kier molecular flexibility index (Phi) is 3.75. The van der Waals surface area contributed by atoms with E-state index >= 15 is 0 Å². The van der Waals surface area contributed by atoms with Crippen LogP contribution < -0.4 is 19.1 Å². The van der Waals surface area contributed by atoms with Gasteiger partial charge in [0.1, 0.15) is 11.5 Å². The minimum Gasteiger partial charge on any atom is -0.494 e. The van der Waals surface area contributed by atoms with Gasteiger partial charge in [0, 0.05) is 17.2 Å². The van der Waals surface area contributed by atoms with Crippen LogP contribution in [0.4, 0.5) is 11.4 Å². The van der Waals surface area contributed by atoms with Gasteiger partial charge in [-0.1, -0.05) is 6.08 Å². The summed E-state index contributed by atoms with van der Waals surface area (Å²) in [5.41, 5.74) is 4.46. The Hall–Kier alpha value is -3.28. The van der Waals surface area contributed by atoms with Crippen LogP contribution in [0, 0.1) is 0 Å². The highest BCUT2D eigenvalue weighted by Gasteiger charge is 2.45. The summed E-state index contributed by atoms with van der Waals surface area (Å²) >= 11 is 0. The van der Waals surface area contributed by atoms with Gasteiger partial charge in [-0.05, 0) is 57.5 Å². The quantitative estimate of drug-likeness (QED) is 0.775. The Morgan fingerprint density at radius 1 is 1.14 bits per heavy atom. The first-order valence-electron chi connectivity index (χ1n) is 9.73. The second kappa shape index (κ2) is 6.11. The molecule has 0 aromatic heterocycles. The number of rotatable bonds is 3. The smallest absolute Gasteiger partial charge is 0.278 e. The molecule has 0 fully saturated rings. The predicted octanol–water partition coefficient (Wildman–Crippen LogP) is 4.48. The van der Waals surface area contributed by atoms with Crippen molar-refractivity contribution in [1.29, 1.82) is 0 Å². The average Bonchev–Trinajstić information content (AvgIpc) is 3.23. The van der Waals surface area contributed by atoms with Crippen molar-refractivity contribution in [1.82, 2.24) is 0 Å². The first-order chi connectivity index (χ1) is 13.9. The second-order valence-corrected chi connectivity index (χ2v) is 7.92. The van der Waals surface area contributed by atoms with E-state index in [4.69, 9.17) is 19.2 Å². The Labute approximate surface area is 169 Å². The SMILES string of the molecule is CCOc1cc2c3c(c1)C(=Nc1ccc4c(c1)OCO4)C(=O)N3C(C)(C)C=C2C. The van der Waals surface area contributed by atoms with Crippen LogP contribution in [0.2, 0.25) is 0 Å². The summed E-state index contributed by atoms with van der Waals surface area (Å²) < 4.78 is 16.6. The van der Waals surface area contributed by atoms with Crippen LogP contribution in [0.25, 0.3) is 5.57 Å². The number of hydrogen-bond acceptors (Lipinski definition) is 5. The fraction of sp³-hybridized carbons (Fsp3) is 0.304. The van der Waals surface area contributed by atoms with Crippen molar-refractivity contribution in [3.63, 3.8) is 0 Å². The van der Waals surface area contributed by atoms with Gasteiger partial charge in [-0.15, -0.1) is 0 Å². The molecule has 5 rings (SSSR count). The minimum absolute atomic E-state index is 0.110. The molecule has 0 spiro atoms. The summed E-state index contributed by atoms with van der Waals surface area (Å²) in [5.74, 6) is 1.96. The van der Waals surface area contributed by atoms with Crippen molar-refractivity contribution in [2.75, 3.05) is 18.3 Å². The van der Waals surface area contributed by atoms with Gasteiger partial charge >= 0.3 is 0 Å². The molecule has 3 aliphatic rings. The van der Waals surface area contributed by atoms with Gasteiger partial charge < -0.3 is 14.2 Å². The van der Waals surface area contributed by atoms with E-state index in [0.717, 1.165) is 28.1 Å². The third kappa shape index (κ3) is 2.63. The van der Waals surface area contributed by atoms with Gasteiger partial charge in [-0.2, -0.15) is 0 Å². The predicted molar refractivity (Wildman–Crippen MR) is 112 cm³/mol. The molecule has 2 aromatic carbocycles. The molecule has 0 radical (unpaired) electrons. The third-order valence-corrected chi connectivity index (χ3v) is 5.45. The number of amides is 1. The maximum absolute atomic E-state index is 13.5. The lowest BCUT2D eigenvalue weighted by atomic mass is 9.89. The van der Waals surface area contributed by atoms with Gasteiger partial charge in [-0.25, -0.2) is 4.99 Å². The van der Waals surface area contributed by atoms with E-state index in [1.165, 1.54) is 0 Å². The molecule has 6 heteroatoms. The Morgan fingerprint density at radius 3 is 2.69 bits per heavy atom. The van der Waals surface area contributed by atoms with Crippen LogP contribution in [0.15, 0.2) is 41.4 Å². The molecule has 29 heavy (non-hydrogen) atoms. The third-order valence-electron chi connectivity index (χ3n) is 5.45. The van der Waals surface area contributed by atoms with Gasteiger partial charge in [0.05, 0.1) is 23.5 Å². The Bertz CT molecular complexity index is 1110. The first kappa shape index (κ1) is 17.8. The van der Waals surface area contributed by atoms with E-state index in [1.54, 1.807) is 6.07 Å². The van der Waals surface area contributed by atoms with Crippen LogP contribution >= 0.6 is 0 Å². The molecule has 0 atom stereocenters. The van der Waals surface area contributed by atoms with Crippen LogP contribution in [0.3, 0.4) is 0 Å². The highest BCUT2D eigenvalue weighted by molar-refractivity contribution is 6.55. The first-order valence-corrected chi connectivity index (χ1v) is 9.73. The van der Waals surface area contributed by atoms with E-state index < -0.39 is 5.54 Å². The fourth-order valence-corrected chi connectivity index (χ4v) is 4.32. The second-order valence-electron chi connectivity index (χ2n) is 7.92. The van der Waals surface area contributed by atoms with Crippen LogP contribution in [-0.4, -0.2) is 30.6 Å². The highest BCUT2D eigenvalue weighted by Crippen LogP contribution is 2.47. The highest BCUT2D eigenvalue weighted by atomic mass is 16.7. The summed E-state index contributed by atoms with van der Waals surface area (Å²) in [7, 11) is 0. The van der Waals surface area contributed by atoms with Gasteiger partial charge in [0.25, 0.3) is 5.91 Å². The number of ether oxygens (including phenoxy) is 3. The average molecular weight is 390 g/mol. The number of anilines is 1. The van der Waals surface area contributed by atoms with Crippen LogP contribution in [0.5, 0.6) is 17.2 Å². The normalized spacial score (nSPS) is 19.4. The van der Waals surface area contributed by atoms with Crippen LogP contribution in [-0.2, 0) is 4.79 Å². The molecule has 3 heterocycles. The molecule has 6 nitrogen and oxygen atoms in total. The molecule has 0 bridgehead atoms. The van der Waals surface area contributed by atoms with E-state index in [2.05, 4.69) is 13.0 Å². The largest absolute Gasteiger partial charge is 0.494 e. The lowest BCUT2D eigenvalue weighted by molar-refractivity contribution is -0.112. The zero-order valence-electron chi connectivity index (χ0n) is 16.9. The van der Waals surface area contributed by atoms with Crippen molar-refractivity contribution >= 4 is 28.6 Å². The van der Waals surface area contributed by atoms with E-state index in [1.807, 2.05) is 49.9 Å². The number of fused-ring (bicyclic) bond motifs is 1. The van der Waals surface area contributed by atoms with Crippen molar-refractivity contribution in [3.8, 4) is 17.2 Å². The summed E-state index contributed by atoms with van der Waals surface area (Å²) in [4.78, 5) is 20.0. The van der Waals surface area contributed by atoms with Crippen molar-refractivity contribution in [3.05, 3.63) is 47.5 Å². The Morgan fingerprint density at radius 2 is 1.90 bits per heavy atom. The monoisotopic (exact) mass is 390 g/mol. The lowest BCUT2D eigenvalue weighted by Crippen LogP contribution is -2.47. The molecule has 0 saturated heterocycles. The molecule has 0 unspecified atom stereocenters. The molecule has 0 N–H and O–H groups in total. The fourth-order valence-electron chi connectivity index (χ4n) is 4.32. The van der Waals surface area contributed by atoms with E-state index in [0.29, 0.717) is 29.5 Å². The standard InChI is InChI=1S/C23H22N2O4/c1-5-27-15-9-16-13(2)11-23(3,4)25-21(16)17(10-15)20(22(25)26)24-14-6-7-18-19(8-14)29-12-28-18/h6-11H,5,12H2,1-4H3. The zero-order valence-corrected chi connectivity index (χ0v) is 16.9. The molecular weight excluding hydrogens is 368 g/mol. The van der Waals surface area contributed by atoms with Crippen LogP contribution in [0.1, 0.15) is 38.8 Å². The number of hydrogen-bond donors (Lipinski definition) is 0. The molecule has 3 aliphatic heterocycles. The molecule has 148 valence electrons. The van der Waals surface area contributed by atoms with Crippen molar-refractivity contribution in [2.45, 2.75) is 33.2 Å². The number of benzene rings is 2. The molecular formula is C23H22N2O4. The van der Waals surface area contributed by atoms with E-state index in [-0.39, 0.29) is 12.7 Å². The molecule has 0 saturated carbocycles. The minimum atomic E-state index is -0.442. The number of carbonyl (C=O) groups excluding carboxylic acids is 1. The van der Waals surface area contributed by atoms with E-state index in [9.17, 15) is 4.79 Å². The number of aliphatic imine (C=N–C) groups is 1. The molecule has 1 amide bonds. The lowest BCUT2D eigenvalue weighted by Gasteiger charge is -2.38. The summed E-state index contributed by atoms with van der Waals surface area (Å²) in [6, 6.07) is 9.37. The topological polar surface area (TPSA) is 60.4 Å². The summed E-state index contributed by atoms with van der Waals surface area (Å²) in [6.45, 7) is 8.86. The van der Waals surface area contributed by atoms with Gasteiger partial charge in [-0.3, -0.25) is 9.69 Å². The van der Waals surface area contributed by atoms with Crippen molar-refractivity contribution < 1.29 is 19.0 Å². The van der Waals surface area contributed by atoms with Crippen molar-refractivity contribution in [2.24, 2.45) is 4.99 Å². The number of allylic oxidation sites excluding steroid dienone is 1. The molecule has 0 aliphatic carbocycles. The maximum Gasteiger partial charge on any atom is 0.278 e. The maximum atomic E-state index is 13.5.